The van der Waals surface area contributed by atoms with E-state index in [9.17, 15) is 4.79 Å². The first-order chi connectivity index (χ1) is 5.20. The molecule has 1 heterocycles. The summed E-state index contributed by atoms with van der Waals surface area (Å²) in [6, 6.07) is 0. The maximum Gasteiger partial charge on any atom is 0.223 e. The average molecular weight is 152 g/mol. The van der Waals surface area contributed by atoms with Crippen molar-refractivity contribution in [3.8, 4) is 0 Å². The van der Waals surface area contributed by atoms with Crippen LogP contribution in [0, 0.1) is 0 Å². The van der Waals surface area contributed by atoms with Crippen LogP contribution in [0.2, 0.25) is 0 Å². The predicted molar refractivity (Wildman–Crippen MR) is 39.3 cm³/mol. The minimum atomic E-state index is -0.461. The van der Waals surface area contributed by atoms with Gasteiger partial charge in [0.05, 0.1) is 12.1 Å². The van der Waals surface area contributed by atoms with Gasteiger partial charge in [0.1, 0.15) is 5.82 Å². The van der Waals surface area contributed by atoms with Crippen LogP contribution in [-0.2, 0) is 11.2 Å². The monoisotopic (exact) mass is 152 g/mol. The topological polar surface area (TPSA) is 94.9 Å². The highest BCUT2D eigenvalue weighted by Gasteiger charge is 2.03. The first-order valence-electron chi connectivity index (χ1n) is 3.04. The third kappa shape index (κ3) is 1.89. The van der Waals surface area contributed by atoms with Crippen molar-refractivity contribution < 1.29 is 4.79 Å². The first-order valence-corrected chi connectivity index (χ1v) is 3.04. The Morgan fingerprint density at radius 1 is 1.45 bits per heavy atom. The fourth-order valence-electron chi connectivity index (χ4n) is 0.679. The Morgan fingerprint density at radius 3 is 2.64 bits per heavy atom. The van der Waals surface area contributed by atoms with Crippen LogP contribution in [-0.4, -0.2) is 15.9 Å². The van der Waals surface area contributed by atoms with Gasteiger partial charge < -0.3 is 11.5 Å². The summed E-state index contributed by atoms with van der Waals surface area (Å²) < 4.78 is 0. The largest absolute Gasteiger partial charge is 0.382 e. The van der Waals surface area contributed by atoms with E-state index >= 15 is 0 Å². The molecule has 4 N–H and O–H groups in total. The molecule has 0 saturated heterocycles. The van der Waals surface area contributed by atoms with Crippen molar-refractivity contribution >= 4 is 11.7 Å². The molecule has 11 heavy (non-hydrogen) atoms. The lowest BCUT2D eigenvalue weighted by Crippen LogP contribution is -2.16. The minimum absolute atomic E-state index is 0.0413. The molecule has 0 aliphatic heterocycles. The number of carbonyl (C=O) groups is 1. The highest BCUT2D eigenvalue weighted by molar-refractivity contribution is 5.77. The summed E-state index contributed by atoms with van der Waals surface area (Å²) in [7, 11) is 0. The van der Waals surface area contributed by atoms with E-state index in [1.54, 1.807) is 0 Å². The Kier molecular flexibility index (Phi) is 2.00. The van der Waals surface area contributed by atoms with E-state index in [1.807, 2.05) is 0 Å². The highest BCUT2D eigenvalue weighted by Crippen LogP contribution is 2.02. The van der Waals surface area contributed by atoms with Crippen molar-refractivity contribution in [3.05, 3.63) is 18.1 Å². The molecule has 0 bridgehead atoms. The SMILES string of the molecule is NC(=O)Cc1nccnc1N. The Labute approximate surface area is 63.4 Å². The van der Waals surface area contributed by atoms with Crippen molar-refractivity contribution in [2.24, 2.45) is 5.73 Å². The summed E-state index contributed by atoms with van der Waals surface area (Å²) in [6.45, 7) is 0. The number of anilines is 1. The van der Waals surface area contributed by atoms with Crippen molar-refractivity contribution in [1.29, 1.82) is 0 Å². The smallest absolute Gasteiger partial charge is 0.223 e. The zero-order valence-corrected chi connectivity index (χ0v) is 5.82. The number of hydrogen-bond acceptors (Lipinski definition) is 4. The van der Waals surface area contributed by atoms with Crippen LogP contribution in [0.3, 0.4) is 0 Å². The third-order valence-corrected chi connectivity index (χ3v) is 1.15. The van der Waals surface area contributed by atoms with Crippen LogP contribution in [0.4, 0.5) is 5.82 Å². The second-order valence-electron chi connectivity index (χ2n) is 2.03. The molecule has 58 valence electrons. The van der Waals surface area contributed by atoms with Gasteiger partial charge in [-0.05, 0) is 0 Å². The van der Waals surface area contributed by atoms with Gasteiger partial charge in [0.15, 0.2) is 0 Å². The normalized spacial score (nSPS) is 9.45. The van der Waals surface area contributed by atoms with Crippen molar-refractivity contribution in [3.63, 3.8) is 0 Å². The molecular weight excluding hydrogens is 144 g/mol. The summed E-state index contributed by atoms with van der Waals surface area (Å²) >= 11 is 0. The number of nitrogen functional groups attached to an aromatic ring is 1. The summed E-state index contributed by atoms with van der Waals surface area (Å²) in [6.07, 6.45) is 2.97. The highest BCUT2D eigenvalue weighted by atomic mass is 16.1. The van der Waals surface area contributed by atoms with E-state index in [0.29, 0.717) is 5.69 Å². The second kappa shape index (κ2) is 2.96. The lowest BCUT2D eigenvalue weighted by molar-refractivity contribution is -0.117. The Hall–Kier alpha value is -1.65. The molecule has 0 atom stereocenters. The lowest BCUT2D eigenvalue weighted by Gasteiger charge is -1.98. The van der Waals surface area contributed by atoms with Crippen molar-refractivity contribution in [2.75, 3.05) is 5.73 Å². The summed E-state index contributed by atoms with van der Waals surface area (Å²) in [5.74, 6) is -0.205. The van der Waals surface area contributed by atoms with Gasteiger partial charge in [-0.3, -0.25) is 9.78 Å². The van der Waals surface area contributed by atoms with E-state index in [2.05, 4.69) is 9.97 Å². The zero-order chi connectivity index (χ0) is 8.27. The molecule has 1 aromatic heterocycles. The lowest BCUT2D eigenvalue weighted by atomic mass is 10.3. The predicted octanol–water partition coefficient (Wildman–Crippen LogP) is -0.913. The molecule has 1 aromatic rings. The number of primary amides is 1. The van der Waals surface area contributed by atoms with Gasteiger partial charge in [-0.25, -0.2) is 4.98 Å². The van der Waals surface area contributed by atoms with E-state index in [-0.39, 0.29) is 12.2 Å². The summed E-state index contributed by atoms with van der Waals surface area (Å²) in [4.78, 5) is 18.0. The molecular formula is C6H8N4O. The first kappa shape index (κ1) is 7.46. The van der Waals surface area contributed by atoms with E-state index in [1.165, 1.54) is 12.4 Å². The van der Waals surface area contributed by atoms with Gasteiger partial charge >= 0.3 is 0 Å². The molecule has 5 nitrogen and oxygen atoms in total. The van der Waals surface area contributed by atoms with Crippen LogP contribution in [0.15, 0.2) is 12.4 Å². The van der Waals surface area contributed by atoms with E-state index in [0.717, 1.165) is 0 Å². The number of nitrogens with zero attached hydrogens (tertiary/aromatic N) is 2. The zero-order valence-electron chi connectivity index (χ0n) is 5.82. The number of nitrogens with two attached hydrogens (primary N) is 2. The van der Waals surface area contributed by atoms with Gasteiger partial charge in [0.25, 0.3) is 0 Å². The molecule has 0 aliphatic rings. The van der Waals surface area contributed by atoms with Crippen molar-refractivity contribution in [1.82, 2.24) is 9.97 Å². The standard InChI is InChI=1S/C6H8N4O/c7-5(11)3-4-6(8)10-2-1-9-4/h1-2H,3H2,(H2,7,11)(H2,8,10). The molecule has 0 saturated carbocycles. The fraction of sp³-hybridized carbons (Fsp3) is 0.167. The van der Waals surface area contributed by atoms with E-state index < -0.39 is 5.91 Å². The molecule has 1 amide bonds. The second-order valence-corrected chi connectivity index (χ2v) is 2.03. The number of amides is 1. The number of carbonyl (C=O) groups excluding carboxylic acids is 1. The van der Waals surface area contributed by atoms with Gasteiger partial charge in [-0.2, -0.15) is 0 Å². The van der Waals surface area contributed by atoms with Gasteiger partial charge in [0, 0.05) is 12.4 Å². The maximum atomic E-state index is 10.4. The van der Waals surface area contributed by atoms with Gasteiger partial charge in [0.2, 0.25) is 5.91 Å². The third-order valence-electron chi connectivity index (χ3n) is 1.15. The fourth-order valence-corrected chi connectivity index (χ4v) is 0.679. The quantitative estimate of drug-likeness (QED) is 0.573. The van der Waals surface area contributed by atoms with Crippen LogP contribution >= 0.6 is 0 Å². The molecule has 0 aliphatic carbocycles. The van der Waals surface area contributed by atoms with Crippen LogP contribution < -0.4 is 11.5 Å². The molecule has 0 radical (unpaired) electrons. The molecule has 0 aromatic carbocycles. The summed E-state index contributed by atoms with van der Waals surface area (Å²) in [5, 5.41) is 0. The van der Waals surface area contributed by atoms with Crippen LogP contribution in [0.25, 0.3) is 0 Å². The molecule has 0 unspecified atom stereocenters. The Morgan fingerprint density at radius 2 is 2.09 bits per heavy atom. The molecule has 0 spiro atoms. The van der Waals surface area contributed by atoms with Gasteiger partial charge in [-0.1, -0.05) is 0 Å². The Bertz CT molecular complexity index is 273. The maximum absolute atomic E-state index is 10.4. The molecule has 5 heteroatoms. The number of aromatic nitrogens is 2. The van der Waals surface area contributed by atoms with E-state index in [4.69, 9.17) is 11.5 Å². The number of hydrogen-bond donors (Lipinski definition) is 2. The van der Waals surface area contributed by atoms with Crippen molar-refractivity contribution in [2.45, 2.75) is 6.42 Å². The van der Waals surface area contributed by atoms with Crippen LogP contribution in [0.5, 0.6) is 0 Å². The van der Waals surface area contributed by atoms with Gasteiger partial charge in [-0.15, -0.1) is 0 Å². The average Bonchev–Trinajstić information content (AvgIpc) is 1.93. The molecule has 0 fully saturated rings. The minimum Gasteiger partial charge on any atom is -0.382 e. The molecule has 1 rings (SSSR count). The summed E-state index contributed by atoms with van der Waals surface area (Å²) in [5.41, 5.74) is 10.7. The Balaban J connectivity index is 2.86. The van der Waals surface area contributed by atoms with Crippen LogP contribution in [0.1, 0.15) is 5.69 Å². The number of rotatable bonds is 2.